The number of carbonyl (C=O) groups excluding carboxylic acids is 1. The number of rotatable bonds is 3. The number of ether oxygens (including phenoxy) is 1. The first-order valence-electron chi connectivity index (χ1n) is 9.15. The summed E-state index contributed by atoms with van der Waals surface area (Å²) in [5, 5.41) is 0.999. The summed E-state index contributed by atoms with van der Waals surface area (Å²) in [4.78, 5) is 26.4. The number of likely N-dealkylation sites (tertiary alicyclic amines) is 1. The van der Waals surface area contributed by atoms with Crippen LogP contribution in [0.4, 0.5) is 0 Å². The van der Waals surface area contributed by atoms with Crippen molar-refractivity contribution in [1.29, 1.82) is 0 Å². The largest absolute Gasteiger partial charge is 0.497 e. The summed E-state index contributed by atoms with van der Waals surface area (Å²) in [6.07, 6.45) is 1.89. The zero-order valence-corrected chi connectivity index (χ0v) is 15.0. The molecular formula is C21H20N4O2. The molecule has 2 aromatic heterocycles. The number of hydrogen-bond acceptors (Lipinski definition) is 3. The quantitative estimate of drug-likeness (QED) is 0.579. The number of amides is 1. The molecule has 5 rings (SSSR count). The van der Waals surface area contributed by atoms with E-state index in [-0.39, 0.29) is 11.9 Å². The number of fused-ring (bicyclic) bond motifs is 2. The minimum Gasteiger partial charge on any atom is -0.497 e. The number of nitrogens with zero attached hydrogens (tertiary/aromatic N) is 2. The smallest absolute Gasteiger partial charge is 0.270 e. The van der Waals surface area contributed by atoms with Crippen molar-refractivity contribution in [2.45, 2.75) is 18.9 Å². The van der Waals surface area contributed by atoms with Gasteiger partial charge in [-0.1, -0.05) is 12.1 Å². The summed E-state index contributed by atoms with van der Waals surface area (Å²) in [5.41, 5.74) is 3.44. The number of benzene rings is 2. The van der Waals surface area contributed by atoms with E-state index in [1.807, 2.05) is 53.4 Å². The van der Waals surface area contributed by atoms with Gasteiger partial charge in [-0.25, -0.2) is 4.98 Å². The molecule has 0 spiro atoms. The van der Waals surface area contributed by atoms with Crippen LogP contribution in [0.5, 0.6) is 5.75 Å². The molecule has 0 saturated carbocycles. The van der Waals surface area contributed by atoms with Gasteiger partial charge in [-0.3, -0.25) is 4.79 Å². The summed E-state index contributed by atoms with van der Waals surface area (Å²) in [6, 6.07) is 15.6. The van der Waals surface area contributed by atoms with Crippen LogP contribution in [-0.2, 0) is 0 Å². The first kappa shape index (κ1) is 15.9. The Morgan fingerprint density at radius 1 is 1.15 bits per heavy atom. The van der Waals surface area contributed by atoms with Crippen molar-refractivity contribution in [2.75, 3.05) is 13.7 Å². The van der Waals surface area contributed by atoms with Gasteiger partial charge in [-0.2, -0.15) is 0 Å². The average molecular weight is 360 g/mol. The average Bonchev–Trinajstić information content (AvgIpc) is 3.43. The molecule has 1 atom stereocenters. The number of aromatic amines is 2. The lowest BCUT2D eigenvalue weighted by molar-refractivity contribution is 0.0725. The Hall–Kier alpha value is -3.28. The minimum atomic E-state index is -0.0224. The number of para-hydroxylation sites is 2. The number of methoxy groups -OCH3 is 1. The molecule has 6 heteroatoms. The van der Waals surface area contributed by atoms with Crippen LogP contribution in [0.25, 0.3) is 21.9 Å². The summed E-state index contributed by atoms with van der Waals surface area (Å²) in [6.45, 7) is 0.735. The third-order valence-electron chi connectivity index (χ3n) is 5.30. The predicted octanol–water partition coefficient (Wildman–Crippen LogP) is 4.03. The van der Waals surface area contributed by atoms with Crippen LogP contribution in [0.15, 0.2) is 48.5 Å². The zero-order valence-electron chi connectivity index (χ0n) is 15.0. The highest BCUT2D eigenvalue weighted by molar-refractivity contribution is 5.98. The van der Waals surface area contributed by atoms with E-state index in [9.17, 15) is 4.79 Å². The highest BCUT2D eigenvalue weighted by Crippen LogP contribution is 2.33. The van der Waals surface area contributed by atoms with Crippen LogP contribution in [-0.4, -0.2) is 39.4 Å². The van der Waals surface area contributed by atoms with E-state index in [1.54, 1.807) is 7.11 Å². The molecule has 1 unspecified atom stereocenters. The second-order valence-electron chi connectivity index (χ2n) is 6.93. The number of aromatic nitrogens is 3. The topological polar surface area (TPSA) is 74.0 Å². The molecule has 2 N–H and O–H groups in total. The molecule has 1 aliphatic rings. The molecule has 1 aliphatic heterocycles. The van der Waals surface area contributed by atoms with E-state index in [1.165, 1.54) is 0 Å². The van der Waals surface area contributed by atoms with Gasteiger partial charge in [-0.15, -0.1) is 0 Å². The van der Waals surface area contributed by atoms with Gasteiger partial charge in [0.25, 0.3) is 5.91 Å². The van der Waals surface area contributed by atoms with Crippen molar-refractivity contribution < 1.29 is 9.53 Å². The highest BCUT2D eigenvalue weighted by Gasteiger charge is 2.33. The van der Waals surface area contributed by atoms with Crippen LogP contribution >= 0.6 is 0 Å². The van der Waals surface area contributed by atoms with Crippen LogP contribution in [0, 0.1) is 0 Å². The number of carbonyl (C=O) groups is 1. The van der Waals surface area contributed by atoms with E-state index in [4.69, 9.17) is 9.72 Å². The molecule has 2 aromatic carbocycles. The molecule has 1 saturated heterocycles. The summed E-state index contributed by atoms with van der Waals surface area (Å²) >= 11 is 0. The monoisotopic (exact) mass is 360 g/mol. The van der Waals surface area contributed by atoms with Gasteiger partial charge in [0.1, 0.15) is 17.3 Å². The molecular weight excluding hydrogens is 340 g/mol. The van der Waals surface area contributed by atoms with Crippen molar-refractivity contribution in [3.63, 3.8) is 0 Å². The van der Waals surface area contributed by atoms with Gasteiger partial charge < -0.3 is 19.6 Å². The maximum atomic E-state index is 13.2. The Labute approximate surface area is 156 Å². The van der Waals surface area contributed by atoms with Crippen molar-refractivity contribution >= 4 is 27.8 Å². The fourth-order valence-corrected chi connectivity index (χ4v) is 3.93. The van der Waals surface area contributed by atoms with Crippen molar-refractivity contribution in [1.82, 2.24) is 19.9 Å². The Morgan fingerprint density at radius 2 is 2.04 bits per heavy atom. The lowest BCUT2D eigenvalue weighted by Gasteiger charge is -2.22. The first-order chi connectivity index (χ1) is 13.2. The molecule has 27 heavy (non-hydrogen) atoms. The number of nitrogens with one attached hydrogen (secondary N) is 2. The van der Waals surface area contributed by atoms with Gasteiger partial charge in [0, 0.05) is 23.5 Å². The lowest BCUT2D eigenvalue weighted by Crippen LogP contribution is -2.31. The Kier molecular flexibility index (Phi) is 3.63. The third kappa shape index (κ3) is 2.65. The summed E-state index contributed by atoms with van der Waals surface area (Å²) < 4.78 is 5.27. The van der Waals surface area contributed by atoms with Gasteiger partial charge in [-0.05, 0) is 43.2 Å². The molecule has 0 radical (unpaired) electrons. The van der Waals surface area contributed by atoms with E-state index in [0.29, 0.717) is 5.69 Å². The normalized spacial score (nSPS) is 17.1. The Balaban J connectivity index is 1.48. The first-order valence-corrected chi connectivity index (χ1v) is 9.15. The zero-order chi connectivity index (χ0) is 18.4. The Bertz CT molecular complexity index is 1110. The molecule has 0 bridgehead atoms. The molecule has 0 aliphatic carbocycles. The molecule has 3 heterocycles. The van der Waals surface area contributed by atoms with Crippen molar-refractivity contribution in [3.8, 4) is 5.75 Å². The molecule has 1 amide bonds. The van der Waals surface area contributed by atoms with E-state index in [2.05, 4.69) is 9.97 Å². The SMILES string of the molecule is COc1ccc2cc(C(=O)N3CCCC3c3nc4ccccc4[nH]3)[nH]c2c1. The maximum absolute atomic E-state index is 13.2. The molecule has 4 aromatic rings. The van der Waals surface area contributed by atoms with E-state index < -0.39 is 0 Å². The van der Waals surface area contributed by atoms with E-state index in [0.717, 1.165) is 52.9 Å². The van der Waals surface area contributed by atoms with Gasteiger partial charge in [0.05, 0.1) is 24.2 Å². The second kappa shape index (κ2) is 6.16. The highest BCUT2D eigenvalue weighted by atomic mass is 16.5. The predicted molar refractivity (Wildman–Crippen MR) is 104 cm³/mol. The molecule has 136 valence electrons. The van der Waals surface area contributed by atoms with E-state index >= 15 is 0 Å². The summed E-state index contributed by atoms with van der Waals surface area (Å²) in [5.74, 6) is 1.64. The standard InChI is InChI=1S/C21H20N4O2/c1-27-14-9-8-13-11-18(22-17(13)12-14)21(26)25-10-4-7-19(25)20-23-15-5-2-3-6-16(15)24-20/h2-3,5-6,8-9,11-12,19,22H,4,7,10H2,1H3,(H,23,24). The number of H-pyrrole nitrogens is 2. The fraction of sp³-hybridized carbons (Fsp3) is 0.238. The third-order valence-corrected chi connectivity index (χ3v) is 5.30. The fourth-order valence-electron chi connectivity index (χ4n) is 3.93. The van der Waals surface area contributed by atoms with Crippen LogP contribution < -0.4 is 4.74 Å². The van der Waals surface area contributed by atoms with Gasteiger partial charge >= 0.3 is 0 Å². The number of imidazole rings is 1. The van der Waals surface area contributed by atoms with Gasteiger partial charge in [0.2, 0.25) is 0 Å². The van der Waals surface area contributed by atoms with Crippen LogP contribution in [0.2, 0.25) is 0 Å². The Morgan fingerprint density at radius 3 is 2.89 bits per heavy atom. The minimum absolute atomic E-state index is 0.00752. The maximum Gasteiger partial charge on any atom is 0.270 e. The lowest BCUT2D eigenvalue weighted by atomic mass is 10.2. The molecule has 1 fully saturated rings. The second-order valence-corrected chi connectivity index (χ2v) is 6.93. The van der Waals surface area contributed by atoms with Crippen molar-refractivity contribution in [2.24, 2.45) is 0 Å². The van der Waals surface area contributed by atoms with Crippen LogP contribution in [0.1, 0.15) is 35.2 Å². The van der Waals surface area contributed by atoms with Gasteiger partial charge in [0.15, 0.2) is 0 Å². The molecule has 6 nitrogen and oxygen atoms in total. The summed E-state index contributed by atoms with van der Waals surface area (Å²) in [7, 11) is 1.64. The van der Waals surface area contributed by atoms with Crippen LogP contribution in [0.3, 0.4) is 0 Å². The van der Waals surface area contributed by atoms with Crippen molar-refractivity contribution in [3.05, 3.63) is 60.0 Å². The number of hydrogen-bond donors (Lipinski definition) is 2.